The number of nitro benzene ring substituents is 2. The van der Waals surface area contributed by atoms with Crippen molar-refractivity contribution in [2.24, 2.45) is 0 Å². The number of hydrogen-bond acceptors (Lipinski definition) is 8. The second-order valence-electron chi connectivity index (χ2n) is 4.37. The molecule has 0 atom stereocenters. The summed E-state index contributed by atoms with van der Waals surface area (Å²) in [6.07, 6.45) is 0. The molecule has 2 aromatic rings. The van der Waals surface area contributed by atoms with Gasteiger partial charge in [-0.15, -0.1) is 0 Å². The number of nitrogen functional groups attached to an aromatic ring is 2. The molecule has 0 aliphatic carbocycles. The first-order valence-corrected chi connectivity index (χ1v) is 6.10. The van der Waals surface area contributed by atoms with Crippen LogP contribution >= 0.6 is 0 Å². The molecule has 118 valence electrons. The minimum absolute atomic E-state index is 0.00968. The Morgan fingerprint density at radius 2 is 1.65 bits per heavy atom. The first kappa shape index (κ1) is 15.7. The predicted octanol–water partition coefficient (Wildman–Crippen LogP) is 1.89. The van der Waals surface area contributed by atoms with Gasteiger partial charge in [0.05, 0.1) is 27.3 Å². The minimum Gasteiger partial charge on any atom is -0.420 e. The van der Waals surface area contributed by atoms with Crippen molar-refractivity contribution in [1.82, 2.24) is 0 Å². The van der Waals surface area contributed by atoms with Crippen LogP contribution in [0.3, 0.4) is 0 Å². The van der Waals surface area contributed by atoms with Crippen LogP contribution in [0.1, 0.15) is 10.4 Å². The molecule has 0 saturated heterocycles. The maximum atomic E-state index is 12.2. The summed E-state index contributed by atoms with van der Waals surface area (Å²) in [6, 6.07) is 7.50. The first-order valence-electron chi connectivity index (χ1n) is 6.10. The molecule has 4 N–H and O–H groups in total. The minimum atomic E-state index is -1.14. The Balaban J connectivity index is 2.50. The van der Waals surface area contributed by atoms with E-state index in [2.05, 4.69) is 0 Å². The molecule has 0 radical (unpaired) electrons. The van der Waals surface area contributed by atoms with Crippen molar-refractivity contribution in [2.45, 2.75) is 0 Å². The summed E-state index contributed by atoms with van der Waals surface area (Å²) in [4.78, 5) is 32.2. The number of rotatable bonds is 4. The second-order valence-corrected chi connectivity index (χ2v) is 4.37. The molecule has 0 amide bonds. The number of para-hydroxylation sites is 2. The van der Waals surface area contributed by atoms with Gasteiger partial charge in [-0.05, 0) is 12.1 Å². The number of nitrogens with zero attached hydrogens (tertiary/aromatic N) is 2. The van der Waals surface area contributed by atoms with Gasteiger partial charge in [-0.2, -0.15) is 0 Å². The maximum Gasteiger partial charge on any atom is 0.352 e. The molecule has 2 rings (SSSR count). The lowest BCUT2D eigenvalue weighted by Crippen LogP contribution is -2.15. The van der Waals surface area contributed by atoms with Gasteiger partial charge in [0.25, 0.3) is 11.4 Å². The van der Waals surface area contributed by atoms with Crippen LogP contribution in [0.2, 0.25) is 0 Å². The topological polar surface area (TPSA) is 165 Å². The molecule has 23 heavy (non-hydrogen) atoms. The van der Waals surface area contributed by atoms with Gasteiger partial charge in [0, 0.05) is 6.07 Å². The fraction of sp³-hybridized carbons (Fsp3) is 0. The van der Waals surface area contributed by atoms with E-state index in [4.69, 9.17) is 16.2 Å². The van der Waals surface area contributed by atoms with E-state index in [0.717, 1.165) is 6.07 Å². The third-order valence-electron chi connectivity index (χ3n) is 2.87. The van der Waals surface area contributed by atoms with E-state index in [0.29, 0.717) is 6.07 Å². The summed E-state index contributed by atoms with van der Waals surface area (Å²) in [5.74, 6) is -1.15. The molecule has 10 nitrogen and oxygen atoms in total. The van der Waals surface area contributed by atoms with Gasteiger partial charge in [-0.3, -0.25) is 20.2 Å². The standard InChI is InChI=1S/C13H10N4O6/c14-8-3-1-2-4-11(8)23-13(18)12-9(15)5-7(16(19)20)6-10(12)17(21)22/h1-6H,14-15H2. The Morgan fingerprint density at radius 3 is 2.22 bits per heavy atom. The highest BCUT2D eigenvalue weighted by atomic mass is 16.6. The predicted molar refractivity (Wildman–Crippen MR) is 80.0 cm³/mol. The number of non-ortho nitro benzene ring substituents is 1. The number of anilines is 2. The summed E-state index contributed by atoms with van der Waals surface area (Å²) < 4.78 is 4.98. The van der Waals surface area contributed by atoms with Crippen molar-refractivity contribution in [2.75, 3.05) is 11.5 Å². The Bertz CT molecular complexity index is 820. The van der Waals surface area contributed by atoms with Crippen molar-refractivity contribution < 1.29 is 19.4 Å². The van der Waals surface area contributed by atoms with Crippen molar-refractivity contribution in [3.8, 4) is 5.75 Å². The van der Waals surface area contributed by atoms with Gasteiger partial charge in [0.15, 0.2) is 11.3 Å². The summed E-state index contributed by atoms with van der Waals surface area (Å²) in [5, 5.41) is 21.8. The number of nitrogens with two attached hydrogens (primary N) is 2. The first-order chi connectivity index (χ1) is 10.8. The Morgan fingerprint density at radius 1 is 1.00 bits per heavy atom. The zero-order chi connectivity index (χ0) is 17.1. The number of hydrogen-bond donors (Lipinski definition) is 2. The molecule has 10 heteroatoms. The molecule has 2 aromatic carbocycles. The van der Waals surface area contributed by atoms with Crippen LogP contribution in [0, 0.1) is 20.2 Å². The molecule has 0 aliphatic rings. The van der Waals surface area contributed by atoms with E-state index in [9.17, 15) is 25.0 Å². The number of carbonyl (C=O) groups excluding carboxylic acids is 1. The van der Waals surface area contributed by atoms with Crippen LogP contribution in [-0.2, 0) is 0 Å². The third-order valence-corrected chi connectivity index (χ3v) is 2.87. The maximum absolute atomic E-state index is 12.2. The van der Waals surface area contributed by atoms with Crippen LogP contribution in [0.15, 0.2) is 36.4 Å². The average Bonchev–Trinajstić information content (AvgIpc) is 2.48. The van der Waals surface area contributed by atoms with E-state index >= 15 is 0 Å². The molecule has 0 fully saturated rings. The summed E-state index contributed by atoms with van der Waals surface area (Å²) in [7, 11) is 0. The largest absolute Gasteiger partial charge is 0.420 e. The summed E-state index contributed by atoms with van der Waals surface area (Å²) >= 11 is 0. The normalized spacial score (nSPS) is 10.1. The van der Waals surface area contributed by atoms with E-state index in [1.54, 1.807) is 12.1 Å². The van der Waals surface area contributed by atoms with Crippen molar-refractivity contribution in [1.29, 1.82) is 0 Å². The lowest BCUT2D eigenvalue weighted by molar-refractivity contribution is -0.394. The molecular formula is C13H10N4O6. The molecule has 0 bridgehead atoms. The molecule has 0 heterocycles. The molecule has 0 aliphatic heterocycles. The van der Waals surface area contributed by atoms with Crippen molar-refractivity contribution in [3.63, 3.8) is 0 Å². The van der Waals surface area contributed by atoms with Gasteiger partial charge in [0.2, 0.25) is 0 Å². The van der Waals surface area contributed by atoms with E-state index in [-0.39, 0.29) is 11.4 Å². The highest BCUT2D eigenvalue weighted by molar-refractivity contribution is 6.01. The van der Waals surface area contributed by atoms with Crippen molar-refractivity contribution in [3.05, 3.63) is 62.2 Å². The Kier molecular flexibility index (Phi) is 4.07. The zero-order valence-corrected chi connectivity index (χ0v) is 11.5. The van der Waals surface area contributed by atoms with Crippen molar-refractivity contribution >= 4 is 28.7 Å². The van der Waals surface area contributed by atoms with E-state index < -0.39 is 38.4 Å². The smallest absolute Gasteiger partial charge is 0.352 e. The fourth-order valence-corrected chi connectivity index (χ4v) is 1.83. The molecular weight excluding hydrogens is 308 g/mol. The van der Waals surface area contributed by atoms with E-state index in [1.807, 2.05) is 0 Å². The van der Waals surface area contributed by atoms with Gasteiger partial charge in [-0.25, -0.2) is 4.79 Å². The SMILES string of the molecule is Nc1ccccc1OC(=O)c1c(N)cc([N+](=O)[O-])cc1[N+](=O)[O-]. The fourth-order valence-electron chi connectivity index (χ4n) is 1.83. The summed E-state index contributed by atoms with van der Waals surface area (Å²) in [5.41, 5.74) is 8.86. The average molecular weight is 318 g/mol. The van der Waals surface area contributed by atoms with Crippen LogP contribution < -0.4 is 16.2 Å². The molecule has 0 aromatic heterocycles. The van der Waals surface area contributed by atoms with Gasteiger partial charge in [-0.1, -0.05) is 12.1 Å². The Labute approximate surface area is 128 Å². The number of benzene rings is 2. The Hall–Kier alpha value is -3.69. The lowest BCUT2D eigenvalue weighted by atomic mass is 10.1. The van der Waals surface area contributed by atoms with Crippen LogP contribution in [-0.4, -0.2) is 15.8 Å². The quantitative estimate of drug-likeness (QED) is 0.283. The highest BCUT2D eigenvalue weighted by Gasteiger charge is 2.29. The highest BCUT2D eigenvalue weighted by Crippen LogP contribution is 2.32. The lowest BCUT2D eigenvalue weighted by Gasteiger charge is -2.09. The third kappa shape index (κ3) is 3.15. The van der Waals surface area contributed by atoms with Crippen LogP contribution in [0.5, 0.6) is 5.75 Å². The number of esters is 1. The van der Waals surface area contributed by atoms with Gasteiger partial charge in [0.1, 0.15) is 0 Å². The number of carbonyl (C=O) groups is 1. The van der Waals surface area contributed by atoms with E-state index in [1.165, 1.54) is 12.1 Å². The molecule has 0 spiro atoms. The van der Waals surface area contributed by atoms with Crippen LogP contribution in [0.4, 0.5) is 22.7 Å². The molecule has 0 saturated carbocycles. The van der Waals surface area contributed by atoms with Gasteiger partial charge >= 0.3 is 5.97 Å². The second kappa shape index (κ2) is 5.97. The van der Waals surface area contributed by atoms with Crippen LogP contribution in [0.25, 0.3) is 0 Å². The zero-order valence-electron chi connectivity index (χ0n) is 11.5. The number of nitro groups is 2. The monoisotopic (exact) mass is 318 g/mol. The molecule has 0 unspecified atom stereocenters. The number of ether oxygens (including phenoxy) is 1. The summed E-state index contributed by atoms with van der Waals surface area (Å²) in [6.45, 7) is 0. The van der Waals surface area contributed by atoms with Gasteiger partial charge < -0.3 is 16.2 Å².